The summed E-state index contributed by atoms with van der Waals surface area (Å²) >= 11 is 6.11. The summed E-state index contributed by atoms with van der Waals surface area (Å²) in [7, 11) is 0. The van der Waals surface area contributed by atoms with Crippen molar-refractivity contribution in [2.24, 2.45) is 0 Å². The second kappa shape index (κ2) is 7.11. The van der Waals surface area contributed by atoms with Crippen molar-refractivity contribution in [2.75, 3.05) is 49.2 Å². The van der Waals surface area contributed by atoms with E-state index < -0.39 is 0 Å². The van der Waals surface area contributed by atoms with Gasteiger partial charge in [0.1, 0.15) is 11.6 Å². The van der Waals surface area contributed by atoms with Gasteiger partial charge in [0, 0.05) is 44.0 Å². The van der Waals surface area contributed by atoms with Gasteiger partial charge in [-0.15, -0.1) is 0 Å². The van der Waals surface area contributed by atoms with Gasteiger partial charge in [-0.05, 0) is 30.2 Å². The minimum Gasteiger partial charge on any atom is -0.391 e. The standard InChI is InChI=1S/C17H20ClN5O2/c18-17-20-14(9-16(21-17)23-4-3-13(24)11-23)12-1-2-15(19-10-12)22-5-7-25-8-6-22/h1-2,9-10,13,24H,3-8,11H2/t13-/m0/s1. The van der Waals surface area contributed by atoms with Gasteiger partial charge in [0.15, 0.2) is 0 Å². The Kier molecular flexibility index (Phi) is 4.70. The molecule has 4 heterocycles. The largest absolute Gasteiger partial charge is 0.391 e. The number of β-amino-alcohol motifs (C(OH)–C–C–N with tert-alkyl or cyclic N) is 1. The lowest BCUT2D eigenvalue weighted by molar-refractivity contribution is 0.122. The molecule has 2 aliphatic rings. The Morgan fingerprint density at radius 3 is 2.60 bits per heavy atom. The van der Waals surface area contributed by atoms with Crippen LogP contribution in [0.15, 0.2) is 24.4 Å². The van der Waals surface area contributed by atoms with Gasteiger partial charge in [0.05, 0.1) is 25.0 Å². The molecule has 0 unspecified atom stereocenters. The Balaban J connectivity index is 1.57. The van der Waals surface area contributed by atoms with Crippen molar-refractivity contribution in [3.05, 3.63) is 29.7 Å². The fraction of sp³-hybridized carbons (Fsp3) is 0.471. The minimum absolute atomic E-state index is 0.200. The van der Waals surface area contributed by atoms with Crippen molar-refractivity contribution in [2.45, 2.75) is 12.5 Å². The maximum absolute atomic E-state index is 9.73. The van der Waals surface area contributed by atoms with E-state index in [0.717, 1.165) is 62.2 Å². The summed E-state index contributed by atoms with van der Waals surface area (Å²) in [5.74, 6) is 1.68. The number of nitrogens with zero attached hydrogens (tertiary/aromatic N) is 5. The zero-order valence-electron chi connectivity index (χ0n) is 13.8. The number of rotatable bonds is 3. The number of anilines is 2. The van der Waals surface area contributed by atoms with Gasteiger partial charge in [-0.3, -0.25) is 0 Å². The van der Waals surface area contributed by atoms with Crippen LogP contribution in [0.3, 0.4) is 0 Å². The average Bonchev–Trinajstić information content (AvgIpc) is 3.09. The molecule has 8 heteroatoms. The monoisotopic (exact) mass is 361 g/mol. The summed E-state index contributed by atoms with van der Waals surface area (Å²) < 4.78 is 5.37. The predicted molar refractivity (Wildman–Crippen MR) is 96.1 cm³/mol. The Morgan fingerprint density at radius 2 is 1.92 bits per heavy atom. The molecule has 0 amide bonds. The molecule has 4 rings (SSSR count). The molecule has 0 radical (unpaired) electrons. The highest BCUT2D eigenvalue weighted by Gasteiger charge is 2.22. The molecule has 2 fully saturated rings. The maximum Gasteiger partial charge on any atom is 0.224 e. The summed E-state index contributed by atoms with van der Waals surface area (Å²) in [5, 5.41) is 9.93. The molecule has 2 aliphatic heterocycles. The minimum atomic E-state index is -0.313. The normalized spacial score (nSPS) is 21.0. The van der Waals surface area contributed by atoms with E-state index in [9.17, 15) is 5.11 Å². The number of morpholine rings is 1. The number of aliphatic hydroxyl groups is 1. The molecule has 0 spiro atoms. The van der Waals surface area contributed by atoms with E-state index >= 15 is 0 Å². The fourth-order valence-corrected chi connectivity index (χ4v) is 3.36. The van der Waals surface area contributed by atoms with Crippen LogP contribution in [0.2, 0.25) is 5.28 Å². The molecule has 1 N–H and O–H groups in total. The first kappa shape index (κ1) is 16.5. The van der Waals surface area contributed by atoms with Crippen LogP contribution < -0.4 is 9.80 Å². The van der Waals surface area contributed by atoms with E-state index in [-0.39, 0.29) is 11.4 Å². The topological polar surface area (TPSA) is 74.6 Å². The zero-order chi connectivity index (χ0) is 17.2. The first-order valence-corrected chi connectivity index (χ1v) is 8.83. The van der Waals surface area contributed by atoms with E-state index in [4.69, 9.17) is 16.3 Å². The molecule has 0 saturated carbocycles. The van der Waals surface area contributed by atoms with Crippen LogP contribution in [0.4, 0.5) is 11.6 Å². The highest BCUT2D eigenvalue weighted by atomic mass is 35.5. The summed E-state index contributed by atoms with van der Waals surface area (Å²) in [6.07, 6.45) is 2.24. The number of aromatic nitrogens is 3. The van der Waals surface area contributed by atoms with Crippen LogP contribution in [0.5, 0.6) is 0 Å². The molecule has 25 heavy (non-hydrogen) atoms. The van der Waals surface area contributed by atoms with E-state index in [1.807, 2.05) is 29.3 Å². The molecule has 0 aliphatic carbocycles. The molecule has 2 aromatic heterocycles. The highest BCUT2D eigenvalue weighted by molar-refractivity contribution is 6.28. The van der Waals surface area contributed by atoms with Crippen molar-refractivity contribution < 1.29 is 9.84 Å². The lowest BCUT2D eigenvalue weighted by Gasteiger charge is -2.27. The van der Waals surface area contributed by atoms with Crippen LogP contribution in [-0.4, -0.2) is 65.6 Å². The Bertz CT molecular complexity index is 736. The number of hydrogen-bond acceptors (Lipinski definition) is 7. The second-order valence-electron chi connectivity index (χ2n) is 6.27. The van der Waals surface area contributed by atoms with Gasteiger partial charge in [-0.25, -0.2) is 15.0 Å². The first-order chi connectivity index (χ1) is 12.2. The molecule has 132 valence electrons. The molecular formula is C17H20ClN5O2. The second-order valence-corrected chi connectivity index (χ2v) is 6.61. The quantitative estimate of drug-likeness (QED) is 0.832. The first-order valence-electron chi connectivity index (χ1n) is 8.46. The van der Waals surface area contributed by atoms with Gasteiger partial charge in [0.25, 0.3) is 0 Å². The molecule has 2 aromatic rings. The molecule has 2 saturated heterocycles. The third kappa shape index (κ3) is 3.68. The number of hydrogen-bond donors (Lipinski definition) is 1. The van der Waals surface area contributed by atoms with Crippen molar-refractivity contribution in [1.82, 2.24) is 15.0 Å². The van der Waals surface area contributed by atoms with Crippen LogP contribution in [0.25, 0.3) is 11.3 Å². The summed E-state index contributed by atoms with van der Waals surface area (Å²) in [5.41, 5.74) is 1.62. The molecule has 0 bridgehead atoms. The molecule has 0 aromatic carbocycles. The number of pyridine rings is 1. The Morgan fingerprint density at radius 1 is 1.08 bits per heavy atom. The van der Waals surface area contributed by atoms with Gasteiger partial charge < -0.3 is 19.6 Å². The number of ether oxygens (including phenoxy) is 1. The smallest absolute Gasteiger partial charge is 0.224 e. The van der Waals surface area contributed by atoms with E-state index in [1.54, 1.807) is 0 Å². The van der Waals surface area contributed by atoms with Crippen molar-refractivity contribution >= 4 is 23.2 Å². The van der Waals surface area contributed by atoms with Gasteiger partial charge in [0.2, 0.25) is 5.28 Å². The van der Waals surface area contributed by atoms with Gasteiger partial charge in [-0.1, -0.05) is 0 Å². The van der Waals surface area contributed by atoms with E-state index in [1.165, 1.54) is 0 Å². The SMILES string of the molecule is O[C@H]1CCN(c2cc(-c3ccc(N4CCOCC4)nc3)nc(Cl)n2)C1. The van der Waals surface area contributed by atoms with Crippen molar-refractivity contribution in [1.29, 1.82) is 0 Å². The third-order valence-corrected chi connectivity index (χ3v) is 4.72. The number of halogens is 1. The lowest BCUT2D eigenvalue weighted by Crippen LogP contribution is -2.36. The zero-order valence-corrected chi connectivity index (χ0v) is 14.6. The molecule has 7 nitrogen and oxygen atoms in total. The molecular weight excluding hydrogens is 342 g/mol. The third-order valence-electron chi connectivity index (χ3n) is 4.55. The summed E-state index contributed by atoms with van der Waals surface area (Å²) in [4.78, 5) is 17.4. The van der Waals surface area contributed by atoms with Crippen LogP contribution in [0, 0.1) is 0 Å². The average molecular weight is 362 g/mol. The van der Waals surface area contributed by atoms with Crippen LogP contribution >= 0.6 is 11.6 Å². The van der Waals surface area contributed by atoms with Crippen LogP contribution in [0.1, 0.15) is 6.42 Å². The Hall–Kier alpha value is -1.96. The van der Waals surface area contributed by atoms with Gasteiger partial charge >= 0.3 is 0 Å². The predicted octanol–water partition coefficient (Wildman–Crippen LogP) is 1.60. The Labute approximate surface area is 151 Å². The lowest BCUT2D eigenvalue weighted by atomic mass is 10.2. The molecule has 1 atom stereocenters. The number of aliphatic hydroxyl groups excluding tert-OH is 1. The van der Waals surface area contributed by atoms with Gasteiger partial charge in [-0.2, -0.15) is 0 Å². The fourth-order valence-electron chi connectivity index (χ4n) is 3.18. The summed E-state index contributed by atoms with van der Waals surface area (Å²) in [6.45, 7) is 4.51. The van der Waals surface area contributed by atoms with E-state index in [2.05, 4.69) is 19.9 Å². The van der Waals surface area contributed by atoms with Crippen LogP contribution in [-0.2, 0) is 4.74 Å². The highest BCUT2D eigenvalue weighted by Crippen LogP contribution is 2.26. The van der Waals surface area contributed by atoms with Crippen molar-refractivity contribution in [3.8, 4) is 11.3 Å². The summed E-state index contributed by atoms with van der Waals surface area (Å²) in [6, 6.07) is 5.89. The van der Waals surface area contributed by atoms with E-state index in [0.29, 0.717) is 6.54 Å². The maximum atomic E-state index is 9.73. The van der Waals surface area contributed by atoms with Crippen molar-refractivity contribution in [3.63, 3.8) is 0 Å².